The number of amides is 3. The second-order valence-corrected chi connectivity index (χ2v) is 9.41. The number of piperidine rings is 1. The van der Waals surface area contributed by atoms with Gasteiger partial charge in [0.25, 0.3) is 0 Å². The zero-order valence-corrected chi connectivity index (χ0v) is 18.0. The first kappa shape index (κ1) is 20.7. The lowest BCUT2D eigenvalue weighted by Gasteiger charge is -2.33. The predicted molar refractivity (Wildman–Crippen MR) is 114 cm³/mol. The van der Waals surface area contributed by atoms with Gasteiger partial charge in [-0.25, -0.2) is 9.78 Å². The lowest BCUT2D eigenvalue weighted by atomic mass is 10.0. The SMILES string of the molecule is Cc1csc(Sc2ccc(NC(=O)NC3CCN(C(=O)C(C)C)CC3)cc2)n1. The summed E-state index contributed by atoms with van der Waals surface area (Å²) in [7, 11) is 0. The molecular formula is C20H26N4O2S2. The molecule has 2 aromatic rings. The van der Waals surface area contributed by atoms with E-state index in [4.69, 9.17) is 0 Å². The summed E-state index contributed by atoms with van der Waals surface area (Å²) in [5.74, 6) is 0.210. The number of urea groups is 1. The van der Waals surface area contributed by atoms with Crippen LogP contribution >= 0.6 is 23.1 Å². The summed E-state index contributed by atoms with van der Waals surface area (Å²) in [6.07, 6.45) is 1.57. The minimum absolute atomic E-state index is 0.0218. The molecule has 0 saturated carbocycles. The number of hydrogen-bond acceptors (Lipinski definition) is 5. The molecule has 0 unspecified atom stereocenters. The summed E-state index contributed by atoms with van der Waals surface area (Å²) in [6, 6.07) is 7.64. The smallest absolute Gasteiger partial charge is 0.319 e. The summed E-state index contributed by atoms with van der Waals surface area (Å²) < 4.78 is 1.01. The molecule has 1 fully saturated rings. The Morgan fingerprint density at radius 3 is 2.46 bits per heavy atom. The maximum absolute atomic E-state index is 12.3. The third-order valence-electron chi connectivity index (χ3n) is 4.55. The van der Waals surface area contributed by atoms with E-state index in [9.17, 15) is 9.59 Å². The Morgan fingerprint density at radius 2 is 1.89 bits per heavy atom. The number of carbonyl (C=O) groups excluding carboxylic acids is 2. The van der Waals surface area contributed by atoms with E-state index in [1.165, 1.54) is 0 Å². The van der Waals surface area contributed by atoms with Crippen LogP contribution in [-0.4, -0.2) is 41.0 Å². The first-order valence-corrected chi connectivity index (χ1v) is 11.2. The molecule has 1 saturated heterocycles. The molecule has 0 atom stereocenters. The molecule has 0 spiro atoms. The van der Waals surface area contributed by atoms with E-state index >= 15 is 0 Å². The third-order valence-corrected chi connectivity index (χ3v) is 6.62. The summed E-state index contributed by atoms with van der Waals surface area (Å²) >= 11 is 3.25. The summed E-state index contributed by atoms with van der Waals surface area (Å²) in [6.45, 7) is 7.22. The second-order valence-electron chi connectivity index (χ2n) is 7.23. The molecule has 0 radical (unpaired) electrons. The van der Waals surface area contributed by atoms with Gasteiger partial charge in [-0.1, -0.05) is 25.6 Å². The number of aryl methyl sites for hydroxylation is 1. The molecule has 1 aliphatic heterocycles. The first-order chi connectivity index (χ1) is 13.4. The Bertz CT molecular complexity index is 812. The number of benzene rings is 1. The van der Waals surface area contributed by atoms with Crippen molar-refractivity contribution in [2.75, 3.05) is 18.4 Å². The highest BCUT2D eigenvalue weighted by atomic mass is 32.2. The van der Waals surface area contributed by atoms with E-state index in [0.29, 0.717) is 13.1 Å². The molecule has 1 aromatic carbocycles. The quantitative estimate of drug-likeness (QED) is 0.756. The molecule has 1 aliphatic rings. The van der Waals surface area contributed by atoms with Crippen LogP contribution in [0.15, 0.2) is 38.9 Å². The average Bonchev–Trinajstić information content (AvgIpc) is 3.08. The molecule has 8 heteroatoms. The van der Waals surface area contributed by atoms with Gasteiger partial charge in [0.1, 0.15) is 0 Å². The molecule has 0 bridgehead atoms. The Balaban J connectivity index is 1.44. The fourth-order valence-electron chi connectivity index (χ4n) is 3.05. The molecule has 2 heterocycles. The fraction of sp³-hybridized carbons (Fsp3) is 0.450. The topological polar surface area (TPSA) is 74.3 Å². The molecule has 150 valence electrons. The predicted octanol–water partition coefficient (Wildman–Crippen LogP) is 4.37. The van der Waals surface area contributed by atoms with Gasteiger partial charge in [0.2, 0.25) is 5.91 Å². The van der Waals surface area contributed by atoms with E-state index in [1.807, 2.05) is 55.3 Å². The van der Waals surface area contributed by atoms with Gasteiger partial charge in [0.15, 0.2) is 4.34 Å². The van der Waals surface area contributed by atoms with E-state index in [2.05, 4.69) is 15.6 Å². The third kappa shape index (κ3) is 5.72. The molecule has 0 aliphatic carbocycles. The van der Waals surface area contributed by atoms with Crippen molar-refractivity contribution in [3.8, 4) is 0 Å². The number of hydrogen-bond donors (Lipinski definition) is 2. The number of rotatable bonds is 5. The number of carbonyl (C=O) groups is 2. The zero-order valence-electron chi connectivity index (χ0n) is 16.4. The van der Waals surface area contributed by atoms with Crippen LogP contribution in [0.1, 0.15) is 32.4 Å². The zero-order chi connectivity index (χ0) is 20.1. The number of likely N-dealkylation sites (tertiary alicyclic amines) is 1. The Kier molecular flexibility index (Phi) is 6.96. The molecule has 2 N–H and O–H groups in total. The van der Waals surface area contributed by atoms with Gasteiger partial charge in [0.05, 0.1) is 0 Å². The van der Waals surface area contributed by atoms with Crippen molar-refractivity contribution < 1.29 is 9.59 Å². The Hall–Kier alpha value is -2.06. The van der Waals surface area contributed by atoms with Crippen LogP contribution in [0.4, 0.5) is 10.5 Å². The Morgan fingerprint density at radius 1 is 1.21 bits per heavy atom. The number of anilines is 1. The van der Waals surface area contributed by atoms with Gasteiger partial charge in [-0.3, -0.25) is 4.79 Å². The van der Waals surface area contributed by atoms with Crippen molar-refractivity contribution in [3.05, 3.63) is 35.3 Å². The molecule has 6 nitrogen and oxygen atoms in total. The number of aromatic nitrogens is 1. The second kappa shape index (κ2) is 9.43. The van der Waals surface area contributed by atoms with Crippen LogP contribution < -0.4 is 10.6 Å². The van der Waals surface area contributed by atoms with E-state index in [-0.39, 0.29) is 23.9 Å². The Labute approximate surface area is 174 Å². The van der Waals surface area contributed by atoms with E-state index < -0.39 is 0 Å². The monoisotopic (exact) mass is 418 g/mol. The van der Waals surface area contributed by atoms with Gasteiger partial charge in [-0.15, -0.1) is 11.3 Å². The normalized spacial score (nSPS) is 14.9. The summed E-state index contributed by atoms with van der Waals surface area (Å²) in [4.78, 5) is 31.7. The lowest BCUT2D eigenvalue weighted by molar-refractivity contribution is -0.135. The fourth-order valence-corrected chi connectivity index (χ4v) is 4.86. The van der Waals surface area contributed by atoms with Crippen LogP contribution in [0.25, 0.3) is 0 Å². The average molecular weight is 419 g/mol. The maximum atomic E-state index is 12.3. The van der Waals surface area contributed by atoms with Crippen molar-refractivity contribution >= 4 is 40.7 Å². The van der Waals surface area contributed by atoms with Gasteiger partial charge >= 0.3 is 6.03 Å². The van der Waals surface area contributed by atoms with Gasteiger partial charge < -0.3 is 15.5 Å². The van der Waals surface area contributed by atoms with Crippen molar-refractivity contribution in [3.63, 3.8) is 0 Å². The van der Waals surface area contributed by atoms with Crippen LogP contribution in [0.3, 0.4) is 0 Å². The van der Waals surface area contributed by atoms with Crippen LogP contribution in [0, 0.1) is 12.8 Å². The van der Waals surface area contributed by atoms with Crippen LogP contribution in [-0.2, 0) is 4.79 Å². The van der Waals surface area contributed by atoms with Crippen molar-refractivity contribution in [1.82, 2.24) is 15.2 Å². The minimum Gasteiger partial charge on any atom is -0.342 e. The summed E-state index contributed by atoms with van der Waals surface area (Å²) in [5.41, 5.74) is 1.78. The van der Waals surface area contributed by atoms with E-state index in [1.54, 1.807) is 23.1 Å². The van der Waals surface area contributed by atoms with Gasteiger partial charge in [0, 0.05) is 46.7 Å². The molecular weight excluding hydrogens is 392 g/mol. The number of nitrogens with one attached hydrogen (secondary N) is 2. The molecule has 3 rings (SSSR count). The number of thiazole rings is 1. The van der Waals surface area contributed by atoms with Crippen molar-refractivity contribution in [1.29, 1.82) is 0 Å². The lowest BCUT2D eigenvalue weighted by Crippen LogP contribution is -2.48. The highest BCUT2D eigenvalue weighted by molar-refractivity contribution is 8.01. The standard InChI is InChI=1S/C20H26N4O2S2/c1-13(2)18(25)24-10-8-16(9-11-24)23-19(26)22-15-4-6-17(7-5-15)28-20-21-14(3)12-27-20/h4-7,12-13,16H,8-11H2,1-3H3,(H2,22,23,26). The van der Waals surface area contributed by atoms with Crippen LogP contribution in [0.5, 0.6) is 0 Å². The first-order valence-electron chi connectivity index (χ1n) is 9.47. The van der Waals surface area contributed by atoms with Crippen LogP contribution in [0.2, 0.25) is 0 Å². The van der Waals surface area contributed by atoms with Gasteiger partial charge in [-0.2, -0.15) is 0 Å². The number of nitrogens with zero attached hydrogens (tertiary/aromatic N) is 2. The maximum Gasteiger partial charge on any atom is 0.319 e. The highest BCUT2D eigenvalue weighted by Gasteiger charge is 2.25. The largest absolute Gasteiger partial charge is 0.342 e. The van der Waals surface area contributed by atoms with Crippen molar-refractivity contribution in [2.24, 2.45) is 5.92 Å². The van der Waals surface area contributed by atoms with E-state index in [0.717, 1.165) is 33.5 Å². The molecule has 3 amide bonds. The minimum atomic E-state index is -0.204. The van der Waals surface area contributed by atoms with Gasteiger partial charge in [-0.05, 0) is 44.0 Å². The molecule has 28 heavy (non-hydrogen) atoms. The highest BCUT2D eigenvalue weighted by Crippen LogP contribution is 2.30. The molecule has 1 aromatic heterocycles. The summed E-state index contributed by atoms with van der Waals surface area (Å²) in [5, 5.41) is 7.93. The van der Waals surface area contributed by atoms with Crippen molar-refractivity contribution in [2.45, 2.75) is 48.9 Å².